The lowest BCUT2D eigenvalue weighted by Crippen LogP contribution is -2.13. The first-order valence-corrected chi connectivity index (χ1v) is 7.47. The van der Waals surface area contributed by atoms with Crippen LogP contribution in [-0.4, -0.2) is 12.7 Å². The van der Waals surface area contributed by atoms with Gasteiger partial charge >= 0.3 is 6.09 Å². The van der Waals surface area contributed by atoms with Crippen LogP contribution in [0.25, 0.3) is 11.1 Å². The molecule has 0 atom stereocenters. The Bertz CT molecular complexity index is 714. The number of carbonyl (C=O) groups is 1. The third kappa shape index (κ3) is 3.23. The number of thiophene rings is 1. The first-order chi connectivity index (χ1) is 10.1. The highest BCUT2D eigenvalue weighted by Gasteiger charge is 2.16. The van der Waals surface area contributed by atoms with E-state index in [1.807, 2.05) is 37.4 Å². The molecule has 5 heteroatoms. The number of benzene rings is 1. The fourth-order valence-corrected chi connectivity index (χ4v) is 2.94. The predicted molar refractivity (Wildman–Crippen MR) is 84.6 cm³/mol. The third-order valence-electron chi connectivity index (χ3n) is 3.08. The number of rotatable bonds is 3. The molecule has 1 aromatic carbocycles. The summed E-state index contributed by atoms with van der Waals surface area (Å²) in [6.45, 7) is 6.05. The van der Waals surface area contributed by atoms with Gasteiger partial charge < -0.3 is 4.74 Å². The Morgan fingerprint density at radius 3 is 2.81 bits per heavy atom. The molecule has 21 heavy (non-hydrogen) atoms. The van der Waals surface area contributed by atoms with Crippen molar-refractivity contribution in [1.82, 2.24) is 0 Å². The minimum Gasteiger partial charge on any atom is -0.450 e. The first-order valence-electron chi connectivity index (χ1n) is 6.59. The van der Waals surface area contributed by atoms with Gasteiger partial charge in [0.2, 0.25) is 0 Å². The summed E-state index contributed by atoms with van der Waals surface area (Å²) in [7, 11) is 0. The predicted octanol–water partition coefficient (Wildman–Crippen LogP) is 4.47. The molecule has 0 saturated heterocycles. The first kappa shape index (κ1) is 15.1. The quantitative estimate of drug-likeness (QED) is 0.909. The summed E-state index contributed by atoms with van der Waals surface area (Å²) in [6, 6.07) is 8.29. The van der Waals surface area contributed by atoms with Gasteiger partial charge in [-0.1, -0.05) is 23.8 Å². The van der Waals surface area contributed by atoms with Crippen molar-refractivity contribution in [1.29, 1.82) is 5.26 Å². The van der Waals surface area contributed by atoms with E-state index in [1.165, 1.54) is 11.3 Å². The van der Waals surface area contributed by atoms with Gasteiger partial charge in [-0.3, -0.25) is 5.32 Å². The van der Waals surface area contributed by atoms with Crippen LogP contribution in [0.2, 0.25) is 0 Å². The van der Waals surface area contributed by atoms with Crippen LogP contribution in [0.15, 0.2) is 23.6 Å². The highest BCUT2D eigenvalue weighted by molar-refractivity contribution is 7.15. The van der Waals surface area contributed by atoms with E-state index < -0.39 is 6.09 Å². The molecule has 0 radical (unpaired) electrons. The second kappa shape index (κ2) is 6.42. The van der Waals surface area contributed by atoms with Gasteiger partial charge in [-0.2, -0.15) is 5.26 Å². The van der Waals surface area contributed by atoms with Gasteiger partial charge in [-0.05, 0) is 31.9 Å². The van der Waals surface area contributed by atoms with Crippen LogP contribution in [0.5, 0.6) is 0 Å². The average molecular weight is 300 g/mol. The Morgan fingerprint density at radius 2 is 2.14 bits per heavy atom. The number of nitrogens with zero attached hydrogens (tertiary/aromatic N) is 1. The molecular formula is C16H16N2O2S. The molecule has 0 aliphatic carbocycles. The molecule has 0 saturated carbocycles. The molecule has 1 amide bonds. The summed E-state index contributed by atoms with van der Waals surface area (Å²) >= 11 is 1.33. The van der Waals surface area contributed by atoms with Crippen LogP contribution in [0, 0.1) is 25.2 Å². The molecule has 4 nitrogen and oxygen atoms in total. The van der Waals surface area contributed by atoms with E-state index >= 15 is 0 Å². The van der Waals surface area contributed by atoms with Crippen LogP contribution in [0.1, 0.15) is 23.6 Å². The van der Waals surface area contributed by atoms with E-state index in [2.05, 4.69) is 11.4 Å². The molecule has 1 aromatic heterocycles. The van der Waals surface area contributed by atoms with Crippen molar-refractivity contribution in [3.8, 4) is 17.2 Å². The fraction of sp³-hybridized carbons (Fsp3) is 0.250. The number of nitriles is 1. The fourth-order valence-electron chi connectivity index (χ4n) is 2.05. The summed E-state index contributed by atoms with van der Waals surface area (Å²) in [5.74, 6) is 0. The van der Waals surface area contributed by atoms with E-state index in [-0.39, 0.29) is 0 Å². The van der Waals surface area contributed by atoms with E-state index in [0.29, 0.717) is 17.2 Å². The maximum Gasteiger partial charge on any atom is 0.412 e. The van der Waals surface area contributed by atoms with Gasteiger partial charge in [-0.25, -0.2) is 4.79 Å². The van der Waals surface area contributed by atoms with Crippen LogP contribution < -0.4 is 5.32 Å². The van der Waals surface area contributed by atoms with Gasteiger partial charge in [0.25, 0.3) is 0 Å². The molecule has 2 aromatic rings. The molecule has 0 spiro atoms. The van der Waals surface area contributed by atoms with Gasteiger partial charge in [0.1, 0.15) is 11.1 Å². The number of anilines is 1. The Hall–Kier alpha value is -2.32. The van der Waals surface area contributed by atoms with Crippen molar-refractivity contribution in [3.05, 3.63) is 40.3 Å². The van der Waals surface area contributed by atoms with Gasteiger partial charge in [0, 0.05) is 10.9 Å². The molecule has 108 valence electrons. The van der Waals surface area contributed by atoms with E-state index in [9.17, 15) is 10.1 Å². The Kier molecular flexibility index (Phi) is 4.61. The highest BCUT2D eigenvalue weighted by Crippen LogP contribution is 2.36. The maximum atomic E-state index is 11.5. The maximum absolute atomic E-state index is 11.5. The molecule has 0 bridgehead atoms. The molecule has 0 aliphatic rings. The summed E-state index contributed by atoms with van der Waals surface area (Å²) in [5.41, 5.74) is 4.56. The van der Waals surface area contributed by atoms with Crippen LogP contribution in [0.4, 0.5) is 9.80 Å². The summed E-state index contributed by atoms with van der Waals surface area (Å²) in [6.07, 6.45) is -0.539. The third-order valence-corrected chi connectivity index (χ3v) is 3.97. The Morgan fingerprint density at radius 1 is 1.38 bits per heavy atom. The number of ether oxygens (including phenoxy) is 1. The van der Waals surface area contributed by atoms with Crippen molar-refractivity contribution in [2.75, 3.05) is 11.9 Å². The number of hydrogen-bond acceptors (Lipinski definition) is 4. The monoisotopic (exact) mass is 300 g/mol. The Labute approximate surface area is 128 Å². The summed E-state index contributed by atoms with van der Waals surface area (Å²) < 4.78 is 4.85. The second-order valence-electron chi connectivity index (χ2n) is 4.63. The number of hydrogen-bond donors (Lipinski definition) is 1. The van der Waals surface area contributed by atoms with Crippen LogP contribution in [-0.2, 0) is 4.74 Å². The molecule has 0 unspecified atom stereocenters. The SMILES string of the molecule is CCOC(=O)Nc1scc(-c2cc(C)ccc2C)c1C#N. The van der Waals surface area contributed by atoms with Crippen LogP contribution in [0.3, 0.4) is 0 Å². The topological polar surface area (TPSA) is 62.1 Å². The lowest BCUT2D eigenvalue weighted by atomic mass is 9.98. The van der Waals surface area contributed by atoms with Crippen molar-refractivity contribution < 1.29 is 9.53 Å². The smallest absolute Gasteiger partial charge is 0.412 e. The molecule has 1 heterocycles. The average Bonchev–Trinajstić information content (AvgIpc) is 2.84. The summed E-state index contributed by atoms with van der Waals surface area (Å²) in [4.78, 5) is 11.5. The normalized spacial score (nSPS) is 10.0. The highest BCUT2D eigenvalue weighted by atomic mass is 32.1. The lowest BCUT2D eigenvalue weighted by Gasteiger charge is -2.07. The van der Waals surface area contributed by atoms with Crippen LogP contribution >= 0.6 is 11.3 Å². The largest absolute Gasteiger partial charge is 0.450 e. The second-order valence-corrected chi connectivity index (χ2v) is 5.51. The van der Waals surface area contributed by atoms with E-state index in [1.54, 1.807) is 6.92 Å². The summed E-state index contributed by atoms with van der Waals surface area (Å²) in [5, 5.41) is 14.4. The molecular weight excluding hydrogens is 284 g/mol. The zero-order valence-corrected chi connectivity index (χ0v) is 13.0. The van der Waals surface area contributed by atoms with Gasteiger partial charge in [-0.15, -0.1) is 11.3 Å². The molecule has 0 aliphatic heterocycles. The lowest BCUT2D eigenvalue weighted by molar-refractivity contribution is 0.168. The van der Waals surface area contributed by atoms with E-state index in [0.717, 1.165) is 22.3 Å². The number of amides is 1. The standard InChI is InChI=1S/C16H16N2O2S/c1-4-20-16(19)18-15-13(8-17)14(9-21-15)12-7-10(2)5-6-11(12)3/h5-7,9H,4H2,1-3H3,(H,18,19). The zero-order valence-electron chi connectivity index (χ0n) is 12.2. The molecule has 1 N–H and O–H groups in total. The Balaban J connectivity index is 2.43. The van der Waals surface area contributed by atoms with Crippen molar-refractivity contribution in [2.24, 2.45) is 0 Å². The number of carbonyl (C=O) groups excluding carboxylic acids is 1. The van der Waals surface area contributed by atoms with Gasteiger partial charge in [0.05, 0.1) is 12.2 Å². The minimum absolute atomic E-state index is 0.295. The van der Waals surface area contributed by atoms with Gasteiger partial charge in [0.15, 0.2) is 0 Å². The van der Waals surface area contributed by atoms with Crippen molar-refractivity contribution in [3.63, 3.8) is 0 Å². The zero-order chi connectivity index (χ0) is 15.4. The molecule has 0 fully saturated rings. The minimum atomic E-state index is -0.539. The molecule has 2 rings (SSSR count). The number of nitrogens with one attached hydrogen (secondary N) is 1. The van der Waals surface area contributed by atoms with Crippen molar-refractivity contribution in [2.45, 2.75) is 20.8 Å². The van der Waals surface area contributed by atoms with Crippen molar-refractivity contribution >= 4 is 22.4 Å². The van der Waals surface area contributed by atoms with E-state index in [4.69, 9.17) is 4.74 Å². The number of aryl methyl sites for hydroxylation is 2.